The van der Waals surface area contributed by atoms with Crippen molar-refractivity contribution in [2.75, 3.05) is 6.61 Å². The van der Waals surface area contributed by atoms with Crippen LogP contribution in [0, 0.1) is 0 Å². The summed E-state index contributed by atoms with van der Waals surface area (Å²) < 4.78 is 7.40. The van der Waals surface area contributed by atoms with E-state index >= 15 is 0 Å². The maximum absolute atomic E-state index is 5.56. The minimum absolute atomic E-state index is 0.723. The van der Waals surface area contributed by atoms with Crippen molar-refractivity contribution in [1.29, 1.82) is 0 Å². The monoisotopic (exact) mass is 190 g/mol. The van der Waals surface area contributed by atoms with Crippen LogP contribution in [0.15, 0.2) is 24.3 Å². The van der Waals surface area contributed by atoms with Crippen LogP contribution in [0.4, 0.5) is 0 Å². The highest BCUT2D eigenvalue weighted by atomic mass is 16.5. The van der Waals surface area contributed by atoms with Crippen LogP contribution in [0.2, 0.25) is 0 Å². The fourth-order valence-corrected chi connectivity index (χ4v) is 1.49. The molecule has 0 unspecified atom stereocenters. The number of aryl methyl sites for hydroxylation is 1. The van der Waals surface area contributed by atoms with E-state index < -0.39 is 0 Å². The lowest BCUT2D eigenvalue weighted by Crippen LogP contribution is -1.96. The van der Waals surface area contributed by atoms with E-state index in [1.54, 1.807) is 0 Å². The topological polar surface area (TPSA) is 27.1 Å². The molecule has 0 aliphatic carbocycles. The normalized spacial score (nSPS) is 10.7. The van der Waals surface area contributed by atoms with Gasteiger partial charge in [-0.1, -0.05) is 19.1 Å². The van der Waals surface area contributed by atoms with Gasteiger partial charge in [0, 0.05) is 7.05 Å². The number of para-hydroxylation sites is 1. The van der Waals surface area contributed by atoms with Gasteiger partial charge in [0.05, 0.1) is 17.5 Å². The highest BCUT2D eigenvalue weighted by Crippen LogP contribution is 2.23. The van der Waals surface area contributed by atoms with Crippen LogP contribution in [-0.4, -0.2) is 16.4 Å². The number of hydrogen-bond donors (Lipinski definition) is 0. The van der Waals surface area contributed by atoms with Gasteiger partial charge < -0.3 is 4.74 Å². The van der Waals surface area contributed by atoms with Crippen LogP contribution < -0.4 is 4.74 Å². The quantitative estimate of drug-likeness (QED) is 0.743. The van der Waals surface area contributed by atoms with E-state index in [9.17, 15) is 0 Å². The van der Waals surface area contributed by atoms with Crippen LogP contribution in [0.5, 0.6) is 5.88 Å². The fraction of sp³-hybridized carbons (Fsp3) is 0.364. The van der Waals surface area contributed by atoms with Crippen molar-refractivity contribution in [2.45, 2.75) is 13.3 Å². The Kier molecular flexibility index (Phi) is 2.39. The number of ether oxygens (including phenoxy) is 1. The van der Waals surface area contributed by atoms with E-state index in [1.165, 1.54) is 0 Å². The third-order valence-electron chi connectivity index (χ3n) is 2.17. The molecule has 0 radical (unpaired) electrons. The molecule has 0 atom stereocenters. The first-order valence-corrected chi connectivity index (χ1v) is 4.87. The highest BCUT2D eigenvalue weighted by molar-refractivity contribution is 5.84. The predicted octanol–water partition coefficient (Wildman–Crippen LogP) is 2.36. The van der Waals surface area contributed by atoms with Crippen molar-refractivity contribution in [2.24, 2.45) is 7.05 Å². The Morgan fingerprint density at radius 1 is 1.36 bits per heavy atom. The van der Waals surface area contributed by atoms with Gasteiger partial charge in [-0.25, -0.2) is 0 Å². The Morgan fingerprint density at radius 3 is 2.93 bits per heavy atom. The van der Waals surface area contributed by atoms with E-state index in [2.05, 4.69) is 12.0 Å². The molecule has 3 nitrogen and oxygen atoms in total. The summed E-state index contributed by atoms with van der Waals surface area (Å²) in [5.74, 6) is 0.741. The van der Waals surface area contributed by atoms with Gasteiger partial charge in [0.25, 0.3) is 0 Å². The molecule has 0 spiro atoms. The molecule has 0 aliphatic rings. The molecule has 2 aromatic rings. The maximum atomic E-state index is 5.56. The molecule has 0 saturated heterocycles. The minimum atomic E-state index is 0.723. The zero-order valence-electron chi connectivity index (χ0n) is 8.53. The maximum Gasteiger partial charge on any atom is 0.240 e. The molecule has 1 aromatic carbocycles. The lowest BCUT2D eigenvalue weighted by Gasteiger charge is -1.98. The average Bonchev–Trinajstić information content (AvgIpc) is 2.54. The van der Waals surface area contributed by atoms with Crippen LogP contribution in [0.25, 0.3) is 10.9 Å². The summed E-state index contributed by atoms with van der Waals surface area (Å²) in [6, 6.07) is 8.09. The molecule has 2 rings (SSSR count). The van der Waals surface area contributed by atoms with Gasteiger partial charge in [0.1, 0.15) is 0 Å². The zero-order valence-corrected chi connectivity index (χ0v) is 8.53. The number of aromatic nitrogens is 2. The van der Waals surface area contributed by atoms with Crippen LogP contribution in [0.3, 0.4) is 0 Å². The van der Waals surface area contributed by atoms with E-state index in [-0.39, 0.29) is 0 Å². The Hall–Kier alpha value is -1.51. The molecule has 74 valence electrons. The summed E-state index contributed by atoms with van der Waals surface area (Å²) in [6.07, 6.45) is 1.00. The number of rotatable bonds is 3. The molecule has 1 heterocycles. The Labute approximate surface area is 83.3 Å². The second kappa shape index (κ2) is 3.70. The number of nitrogens with zero attached hydrogens (tertiary/aromatic N) is 2. The van der Waals surface area contributed by atoms with Gasteiger partial charge in [-0.3, -0.25) is 4.68 Å². The summed E-state index contributed by atoms with van der Waals surface area (Å²) in [5, 5.41) is 5.41. The van der Waals surface area contributed by atoms with E-state index in [0.29, 0.717) is 0 Å². The standard InChI is InChI=1S/C11H14N2O/c1-3-8-14-11-9-6-4-5-7-10(9)13(2)12-11/h4-7H,3,8H2,1-2H3. The summed E-state index contributed by atoms with van der Waals surface area (Å²) in [7, 11) is 1.93. The first kappa shape index (κ1) is 9.06. The second-order valence-corrected chi connectivity index (χ2v) is 3.29. The molecule has 0 fully saturated rings. The summed E-state index contributed by atoms with van der Waals surface area (Å²) in [4.78, 5) is 0. The number of hydrogen-bond acceptors (Lipinski definition) is 2. The van der Waals surface area contributed by atoms with Crippen LogP contribution in [-0.2, 0) is 7.05 Å². The average molecular weight is 190 g/mol. The van der Waals surface area contributed by atoms with Crippen molar-refractivity contribution in [3.05, 3.63) is 24.3 Å². The van der Waals surface area contributed by atoms with Crippen molar-refractivity contribution in [3.63, 3.8) is 0 Å². The van der Waals surface area contributed by atoms with Crippen molar-refractivity contribution in [1.82, 2.24) is 9.78 Å². The third kappa shape index (κ3) is 1.45. The first-order valence-electron chi connectivity index (χ1n) is 4.87. The van der Waals surface area contributed by atoms with Gasteiger partial charge in [0.15, 0.2) is 0 Å². The molecular formula is C11H14N2O. The molecule has 0 bridgehead atoms. The van der Waals surface area contributed by atoms with Crippen LogP contribution >= 0.6 is 0 Å². The molecule has 1 aromatic heterocycles. The van der Waals surface area contributed by atoms with Gasteiger partial charge in [-0.15, -0.1) is 5.10 Å². The summed E-state index contributed by atoms with van der Waals surface area (Å²) >= 11 is 0. The van der Waals surface area contributed by atoms with Gasteiger partial charge in [0.2, 0.25) is 5.88 Å². The summed E-state index contributed by atoms with van der Waals surface area (Å²) in [6.45, 7) is 2.81. The summed E-state index contributed by atoms with van der Waals surface area (Å²) in [5.41, 5.74) is 1.11. The smallest absolute Gasteiger partial charge is 0.240 e. The van der Waals surface area contributed by atoms with Gasteiger partial charge >= 0.3 is 0 Å². The largest absolute Gasteiger partial charge is 0.476 e. The SMILES string of the molecule is CCCOc1nn(C)c2ccccc12. The third-order valence-corrected chi connectivity index (χ3v) is 2.17. The fourth-order valence-electron chi connectivity index (χ4n) is 1.49. The van der Waals surface area contributed by atoms with Gasteiger partial charge in [-0.05, 0) is 18.6 Å². The Morgan fingerprint density at radius 2 is 2.14 bits per heavy atom. The lowest BCUT2D eigenvalue weighted by atomic mass is 10.2. The van der Waals surface area contributed by atoms with E-state index in [1.807, 2.05) is 36.0 Å². The molecule has 0 N–H and O–H groups in total. The predicted molar refractivity (Wildman–Crippen MR) is 56.5 cm³/mol. The number of benzene rings is 1. The van der Waals surface area contributed by atoms with E-state index in [0.717, 1.165) is 29.8 Å². The van der Waals surface area contributed by atoms with Gasteiger partial charge in [-0.2, -0.15) is 0 Å². The first-order chi connectivity index (χ1) is 6.83. The minimum Gasteiger partial charge on any atom is -0.476 e. The highest BCUT2D eigenvalue weighted by Gasteiger charge is 2.07. The zero-order chi connectivity index (χ0) is 9.97. The molecule has 0 amide bonds. The van der Waals surface area contributed by atoms with Crippen molar-refractivity contribution in [3.8, 4) is 5.88 Å². The van der Waals surface area contributed by atoms with Crippen molar-refractivity contribution < 1.29 is 4.74 Å². The molecule has 0 saturated carbocycles. The Balaban J connectivity index is 2.44. The molecular weight excluding hydrogens is 176 g/mol. The number of fused-ring (bicyclic) bond motifs is 1. The van der Waals surface area contributed by atoms with E-state index in [4.69, 9.17) is 4.74 Å². The van der Waals surface area contributed by atoms with Crippen molar-refractivity contribution >= 4 is 10.9 Å². The Bertz CT molecular complexity index is 434. The van der Waals surface area contributed by atoms with Crippen LogP contribution in [0.1, 0.15) is 13.3 Å². The second-order valence-electron chi connectivity index (χ2n) is 3.29. The lowest BCUT2D eigenvalue weighted by molar-refractivity contribution is 0.305. The molecule has 0 aliphatic heterocycles. The molecule has 3 heteroatoms. The molecule has 14 heavy (non-hydrogen) atoms.